The molecular formula is C39H48F6N4O. The van der Waals surface area contributed by atoms with Crippen molar-refractivity contribution >= 4 is 5.95 Å². The molecule has 1 saturated heterocycles. The van der Waals surface area contributed by atoms with Crippen LogP contribution in [0.5, 0.6) is 0 Å². The van der Waals surface area contributed by atoms with Crippen molar-refractivity contribution in [2.24, 2.45) is 5.41 Å². The first-order valence-corrected chi connectivity index (χ1v) is 18.1. The molecule has 3 aliphatic rings. The third-order valence-corrected chi connectivity index (χ3v) is 11.0. The molecule has 1 N–H and O–H groups in total. The van der Waals surface area contributed by atoms with E-state index in [2.05, 4.69) is 21.8 Å². The molecule has 1 saturated carbocycles. The van der Waals surface area contributed by atoms with Crippen molar-refractivity contribution in [2.45, 2.75) is 134 Å². The van der Waals surface area contributed by atoms with E-state index in [1.165, 1.54) is 0 Å². The first-order valence-electron chi connectivity index (χ1n) is 18.1. The van der Waals surface area contributed by atoms with Gasteiger partial charge >= 0.3 is 6.18 Å². The fourth-order valence-electron chi connectivity index (χ4n) is 8.29. The predicted octanol–water partition coefficient (Wildman–Crippen LogP) is 10.4. The van der Waals surface area contributed by atoms with Crippen molar-refractivity contribution in [3.05, 3.63) is 81.4 Å². The molecule has 50 heavy (non-hydrogen) atoms. The highest BCUT2D eigenvalue weighted by Crippen LogP contribution is 2.52. The number of unbranched alkanes of at least 4 members (excludes halogenated alkanes) is 2. The van der Waals surface area contributed by atoms with Crippen LogP contribution in [-0.4, -0.2) is 39.1 Å². The fourth-order valence-corrected chi connectivity index (χ4v) is 8.29. The Kier molecular flexibility index (Phi) is 10.6. The Balaban J connectivity index is 1.39. The van der Waals surface area contributed by atoms with Gasteiger partial charge in [-0.15, -0.1) is 0 Å². The Bertz CT molecular complexity index is 1610. The highest BCUT2D eigenvalue weighted by molar-refractivity contribution is 5.51. The van der Waals surface area contributed by atoms with E-state index in [1.54, 1.807) is 0 Å². The van der Waals surface area contributed by atoms with Gasteiger partial charge in [0.15, 0.2) is 6.17 Å². The van der Waals surface area contributed by atoms with Crippen LogP contribution < -0.4 is 4.90 Å². The number of pyridine rings is 1. The third-order valence-electron chi connectivity index (χ3n) is 11.0. The van der Waals surface area contributed by atoms with Crippen LogP contribution in [0.3, 0.4) is 0 Å². The van der Waals surface area contributed by atoms with E-state index in [-0.39, 0.29) is 48.1 Å². The second-order valence-corrected chi connectivity index (χ2v) is 15.5. The van der Waals surface area contributed by atoms with Gasteiger partial charge in [0.05, 0.1) is 17.4 Å². The molecule has 2 aromatic heterocycles. The summed E-state index contributed by atoms with van der Waals surface area (Å²) in [6.07, 6.45) is 2.35. The molecule has 0 amide bonds. The maximum atomic E-state index is 17.2. The summed E-state index contributed by atoms with van der Waals surface area (Å²) in [4.78, 5) is 16.5. The molecule has 0 spiro atoms. The lowest BCUT2D eigenvalue weighted by molar-refractivity contribution is -0.137. The number of benzene rings is 1. The summed E-state index contributed by atoms with van der Waals surface area (Å²) < 4.78 is 86.5. The summed E-state index contributed by atoms with van der Waals surface area (Å²) in [5.74, 6) is -2.83. The highest BCUT2D eigenvalue weighted by Gasteiger charge is 2.44. The standard InChI is InChI=1S/C39H48F6N4O/c1-4-5-6-7-24-22-46-36(47-23-24)49-18-14-27(15-19-49)35-33(34(40)26-8-10-28(11-9-26)39(43,44)45)31(25-12-16-38(41,42)17-13-25)32-29(48-35)20-37(2,3)21-30(32)50/h8-11,22-23,25,27,30,34,50H,4-7,12-21H2,1-3H3. The second kappa shape index (κ2) is 14.4. The van der Waals surface area contributed by atoms with Gasteiger partial charge in [0.25, 0.3) is 0 Å². The van der Waals surface area contributed by atoms with Gasteiger partial charge in [0, 0.05) is 61.1 Å². The van der Waals surface area contributed by atoms with Gasteiger partial charge in [0.2, 0.25) is 11.9 Å². The largest absolute Gasteiger partial charge is 0.416 e. The molecule has 2 fully saturated rings. The lowest BCUT2D eigenvalue weighted by Gasteiger charge is -2.41. The minimum Gasteiger partial charge on any atom is -0.388 e. The molecule has 11 heteroatoms. The molecule has 1 aromatic carbocycles. The number of aryl methyl sites for hydroxylation is 1. The molecule has 272 valence electrons. The van der Waals surface area contributed by atoms with Gasteiger partial charge in [-0.05, 0) is 91.5 Å². The molecule has 3 aromatic rings. The van der Waals surface area contributed by atoms with Crippen LogP contribution >= 0.6 is 0 Å². The molecule has 5 nitrogen and oxygen atoms in total. The van der Waals surface area contributed by atoms with E-state index in [0.29, 0.717) is 67.2 Å². The van der Waals surface area contributed by atoms with E-state index in [0.717, 1.165) is 55.5 Å². The van der Waals surface area contributed by atoms with Crippen molar-refractivity contribution in [1.29, 1.82) is 0 Å². The number of aliphatic hydroxyl groups is 1. The van der Waals surface area contributed by atoms with Gasteiger partial charge in [-0.1, -0.05) is 45.7 Å². The molecule has 2 atom stereocenters. The van der Waals surface area contributed by atoms with E-state index in [4.69, 9.17) is 4.98 Å². The second-order valence-electron chi connectivity index (χ2n) is 15.5. The molecule has 6 rings (SSSR count). The first-order chi connectivity index (χ1) is 23.7. The smallest absolute Gasteiger partial charge is 0.388 e. The van der Waals surface area contributed by atoms with Crippen LogP contribution in [-0.2, 0) is 19.0 Å². The predicted molar refractivity (Wildman–Crippen MR) is 181 cm³/mol. The maximum Gasteiger partial charge on any atom is 0.416 e. The number of alkyl halides is 6. The Morgan fingerprint density at radius 2 is 1.56 bits per heavy atom. The van der Waals surface area contributed by atoms with Crippen molar-refractivity contribution in [1.82, 2.24) is 15.0 Å². The minimum absolute atomic E-state index is 0.0406. The summed E-state index contributed by atoms with van der Waals surface area (Å²) in [7, 11) is 0. The van der Waals surface area contributed by atoms with Gasteiger partial charge < -0.3 is 10.0 Å². The Morgan fingerprint density at radius 3 is 2.16 bits per heavy atom. The van der Waals surface area contributed by atoms with Crippen molar-refractivity contribution in [2.75, 3.05) is 18.0 Å². The average molecular weight is 703 g/mol. The lowest BCUT2D eigenvalue weighted by Crippen LogP contribution is -2.36. The maximum absolute atomic E-state index is 17.2. The summed E-state index contributed by atoms with van der Waals surface area (Å²) >= 11 is 0. The van der Waals surface area contributed by atoms with Crippen LogP contribution in [0.4, 0.5) is 32.3 Å². The summed E-state index contributed by atoms with van der Waals surface area (Å²) in [6, 6.07) is 4.06. The average Bonchev–Trinajstić information content (AvgIpc) is 3.07. The summed E-state index contributed by atoms with van der Waals surface area (Å²) in [5.41, 5.74) is 2.47. The highest BCUT2D eigenvalue weighted by atomic mass is 19.4. The zero-order valence-electron chi connectivity index (χ0n) is 29.2. The first kappa shape index (κ1) is 36.6. The number of anilines is 1. The van der Waals surface area contributed by atoms with Crippen LogP contribution in [0.1, 0.15) is 154 Å². The van der Waals surface area contributed by atoms with Gasteiger partial charge in [-0.3, -0.25) is 4.98 Å². The summed E-state index contributed by atoms with van der Waals surface area (Å²) in [6.45, 7) is 7.44. The van der Waals surface area contributed by atoms with Crippen molar-refractivity contribution in [3.63, 3.8) is 0 Å². The third kappa shape index (κ3) is 7.97. The summed E-state index contributed by atoms with van der Waals surface area (Å²) in [5, 5.41) is 11.6. The van der Waals surface area contributed by atoms with Crippen LogP contribution in [0.15, 0.2) is 36.7 Å². The minimum atomic E-state index is -4.58. The SMILES string of the molecule is CCCCCc1cnc(N2CCC(c3nc4c(c(C5CCC(F)(F)CC5)c3C(F)c3ccc(C(F)(F)F)cc3)C(O)CC(C)(C)C4)CC2)nc1. The molecule has 1 aliphatic heterocycles. The normalized spacial score (nSPS) is 22.0. The number of aliphatic hydroxyl groups excluding tert-OH is 1. The lowest BCUT2D eigenvalue weighted by atomic mass is 9.68. The molecule has 3 heterocycles. The Hall–Kier alpha value is -3.21. The molecule has 0 radical (unpaired) electrons. The number of rotatable bonds is 9. The van der Waals surface area contributed by atoms with E-state index in [9.17, 15) is 27.1 Å². The zero-order valence-corrected chi connectivity index (χ0v) is 29.2. The quantitative estimate of drug-likeness (QED) is 0.178. The van der Waals surface area contributed by atoms with E-state index < -0.39 is 35.9 Å². The Morgan fingerprint density at radius 1 is 0.920 bits per heavy atom. The number of hydrogen-bond donors (Lipinski definition) is 1. The zero-order chi connectivity index (χ0) is 35.8. The van der Waals surface area contributed by atoms with Gasteiger partial charge in [-0.25, -0.2) is 23.1 Å². The molecular weight excluding hydrogens is 654 g/mol. The van der Waals surface area contributed by atoms with Crippen LogP contribution in [0.2, 0.25) is 0 Å². The van der Waals surface area contributed by atoms with Crippen molar-refractivity contribution < 1.29 is 31.4 Å². The van der Waals surface area contributed by atoms with Crippen LogP contribution in [0, 0.1) is 5.41 Å². The molecule has 2 unspecified atom stereocenters. The number of fused-ring (bicyclic) bond motifs is 1. The van der Waals surface area contributed by atoms with Crippen LogP contribution in [0.25, 0.3) is 0 Å². The number of piperidine rings is 1. The number of aromatic nitrogens is 3. The number of nitrogens with zero attached hydrogens (tertiary/aromatic N) is 4. The molecule has 0 bridgehead atoms. The van der Waals surface area contributed by atoms with Gasteiger partial charge in [-0.2, -0.15) is 13.2 Å². The van der Waals surface area contributed by atoms with Gasteiger partial charge in [0.1, 0.15) is 0 Å². The number of halogens is 6. The van der Waals surface area contributed by atoms with E-state index in [1.807, 2.05) is 26.2 Å². The Labute approximate surface area is 290 Å². The van der Waals surface area contributed by atoms with E-state index >= 15 is 4.39 Å². The number of hydrogen-bond acceptors (Lipinski definition) is 5. The molecule has 2 aliphatic carbocycles. The van der Waals surface area contributed by atoms with Crippen molar-refractivity contribution in [3.8, 4) is 0 Å². The fraction of sp³-hybridized carbons (Fsp3) is 0.615. The monoisotopic (exact) mass is 702 g/mol. The topological polar surface area (TPSA) is 62.1 Å².